The molecule has 1 atom stereocenters. The zero-order valence-corrected chi connectivity index (χ0v) is 9.14. The minimum Gasteiger partial charge on any atom is -0.412 e. The molecule has 0 fully saturated rings. The first-order valence-corrected chi connectivity index (χ1v) is 7.42. The Hall–Kier alpha value is 0.0669. The van der Waals surface area contributed by atoms with Crippen LogP contribution in [-0.2, 0) is 4.43 Å². The minimum atomic E-state index is -2.18. The Kier molecular flexibility index (Phi) is 5.70. The van der Waals surface area contributed by atoms with Crippen LogP contribution in [0.1, 0.15) is 19.8 Å². The third kappa shape index (κ3) is 4.18. The first-order chi connectivity index (χ1) is 5.54. The van der Waals surface area contributed by atoms with Crippen LogP contribution in [0.25, 0.3) is 0 Å². The maximum absolute atomic E-state index is 13.4. The molecule has 0 aliphatic carbocycles. The molecule has 0 aliphatic rings. The van der Waals surface area contributed by atoms with E-state index in [4.69, 9.17) is 9.53 Å². The Morgan fingerprint density at radius 1 is 1.50 bits per heavy atom. The van der Waals surface area contributed by atoms with Gasteiger partial charge in [-0.3, -0.25) is 0 Å². The summed E-state index contributed by atoms with van der Waals surface area (Å²) in [6.07, 6.45) is 1.42. The molecule has 0 saturated heterocycles. The fourth-order valence-corrected chi connectivity index (χ4v) is 2.78. The molecular formula is C8H19FO2Si. The van der Waals surface area contributed by atoms with Gasteiger partial charge in [-0.05, 0) is 19.5 Å². The van der Waals surface area contributed by atoms with Crippen molar-refractivity contribution in [1.29, 1.82) is 0 Å². The molecule has 1 N–H and O–H groups in total. The summed E-state index contributed by atoms with van der Waals surface area (Å²) in [5, 5.41) is 8.52. The van der Waals surface area contributed by atoms with Gasteiger partial charge >= 0.3 is 0 Å². The van der Waals surface area contributed by atoms with Gasteiger partial charge in [-0.1, -0.05) is 13.3 Å². The maximum atomic E-state index is 13.4. The Balaban J connectivity index is 3.81. The highest BCUT2D eigenvalue weighted by Crippen LogP contribution is 2.17. The van der Waals surface area contributed by atoms with Gasteiger partial charge in [0.05, 0.1) is 13.2 Å². The third-order valence-electron chi connectivity index (χ3n) is 1.86. The first kappa shape index (κ1) is 12.1. The highest BCUT2D eigenvalue weighted by molar-refractivity contribution is 6.72. The molecule has 0 aromatic rings. The van der Waals surface area contributed by atoms with Crippen molar-refractivity contribution in [3.05, 3.63) is 0 Å². The number of hydrogen-bond donors (Lipinski definition) is 1. The zero-order valence-electron chi connectivity index (χ0n) is 8.14. The van der Waals surface area contributed by atoms with Crippen LogP contribution in [0, 0.1) is 0 Å². The highest BCUT2D eigenvalue weighted by atomic mass is 28.4. The van der Waals surface area contributed by atoms with Crippen molar-refractivity contribution in [1.82, 2.24) is 0 Å². The van der Waals surface area contributed by atoms with Gasteiger partial charge in [-0.25, -0.2) is 4.39 Å². The van der Waals surface area contributed by atoms with E-state index in [1.165, 1.54) is 0 Å². The van der Waals surface area contributed by atoms with Crippen LogP contribution in [-0.4, -0.2) is 32.4 Å². The second-order valence-electron chi connectivity index (χ2n) is 3.43. The number of alkyl halides is 1. The van der Waals surface area contributed by atoms with E-state index in [1.54, 1.807) is 0 Å². The molecule has 1 unspecified atom stereocenters. The van der Waals surface area contributed by atoms with Gasteiger partial charge in [0.1, 0.15) is 5.79 Å². The predicted molar refractivity (Wildman–Crippen MR) is 50.3 cm³/mol. The molecule has 0 aromatic carbocycles. The number of aliphatic hydroxyl groups excluding tert-OH is 1. The molecule has 0 amide bonds. The summed E-state index contributed by atoms with van der Waals surface area (Å²) >= 11 is 0. The van der Waals surface area contributed by atoms with Gasteiger partial charge in [0, 0.05) is 0 Å². The average molecular weight is 194 g/mol. The van der Waals surface area contributed by atoms with Crippen molar-refractivity contribution >= 4 is 8.32 Å². The van der Waals surface area contributed by atoms with Gasteiger partial charge in [-0.15, -0.1) is 0 Å². The van der Waals surface area contributed by atoms with Crippen molar-refractivity contribution in [2.24, 2.45) is 0 Å². The monoisotopic (exact) mass is 194 g/mol. The summed E-state index contributed by atoms with van der Waals surface area (Å²) in [6, 6.07) is 0. The molecular weight excluding hydrogens is 175 g/mol. The molecule has 0 spiro atoms. The highest BCUT2D eigenvalue weighted by Gasteiger charge is 2.33. The second kappa shape index (κ2) is 5.67. The van der Waals surface area contributed by atoms with E-state index in [9.17, 15) is 4.39 Å². The lowest BCUT2D eigenvalue weighted by atomic mass is 10.4. The summed E-state index contributed by atoms with van der Waals surface area (Å²) in [5.74, 6) is -0.811. The second-order valence-corrected chi connectivity index (χ2v) is 7.55. The fourth-order valence-electron chi connectivity index (χ4n) is 1.00. The summed E-state index contributed by atoms with van der Waals surface area (Å²) < 4.78 is 18.7. The molecule has 0 radical (unpaired) electrons. The lowest BCUT2D eigenvalue weighted by Crippen LogP contribution is -2.42. The average Bonchev–Trinajstić information content (AvgIpc) is 2.01. The van der Waals surface area contributed by atoms with Crippen molar-refractivity contribution in [2.75, 3.05) is 13.2 Å². The van der Waals surface area contributed by atoms with Crippen LogP contribution in [0.5, 0.6) is 0 Å². The first-order valence-electron chi connectivity index (χ1n) is 4.43. The standard InChI is InChI=1S/C8H19FO2Si/c1-4-5-8(9)12(2,3)11-7-6-10/h8,10H,4-7H2,1-3H3. The van der Waals surface area contributed by atoms with Crippen LogP contribution in [0.2, 0.25) is 13.1 Å². The Labute approximate surface area is 74.9 Å². The normalized spacial score (nSPS) is 14.8. The molecule has 0 rings (SSSR count). The van der Waals surface area contributed by atoms with Gasteiger partial charge in [0.25, 0.3) is 0 Å². The van der Waals surface area contributed by atoms with Crippen LogP contribution in [0.4, 0.5) is 4.39 Å². The summed E-state index contributed by atoms with van der Waals surface area (Å²) in [6.45, 7) is 5.91. The molecule has 0 heterocycles. The minimum absolute atomic E-state index is 0.0186. The van der Waals surface area contributed by atoms with Crippen LogP contribution < -0.4 is 0 Å². The van der Waals surface area contributed by atoms with E-state index in [-0.39, 0.29) is 13.2 Å². The van der Waals surface area contributed by atoms with E-state index in [2.05, 4.69) is 0 Å². The molecule has 2 nitrogen and oxygen atoms in total. The largest absolute Gasteiger partial charge is 0.412 e. The molecule has 74 valence electrons. The SMILES string of the molecule is CCCC(F)[Si](C)(C)OCCO. The molecule has 0 aromatic heterocycles. The maximum Gasteiger partial charge on any atom is 0.221 e. The number of hydrogen-bond acceptors (Lipinski definition) is 2. The lowest BCUT2D eigenvalue weighted by Gasteiger charge is -2.25. The van der Waals surface area contributed by atoms with Crippen molar-refractivity contribution in [3.63, 3.8) is 0 Å². The Bertz CT molecular complexity index is 120. The van der Waals surface area contributed by atoms with Gasteiger partial charge in [0.2, 0.25) is 8.32 Å². The number of halogens is 1. The van der Waals surface area contributed by atoms with E-state index >= 15 is 0 Å². The smallest absolute Gasteiger partial charge is 0.221 e. The lowest BCUT2D eigenvalue weighted by molar-refractivity contribution is 0.182. The van der Waals surface area contributed by atoms with Crippen LogP contribution in [0.3, 0.4) is 0 Å². The third-order valence-corrected chi connectivity index (χ3v) is 4.61. The van der Waals surface area contributed by atoms with Crippen molar-refractivity contribution in [3.8, 4) is 0 Å². The predicted octanol–water partition coefficient (Wildman–Crippen LogP) is 1.88. The molecule has 4 heteroatoms. The van der Waals surface area contributed by atoms with E-state index in [0.717, 1.165) is 6.42 Å². The molecule has 12 heavy (non-hydrogen) atoms. The van der Waals surface area contributed by atoms with Gasteiger partial charge in [-0.2, -0.15) is 0 Å². The topological polar surface area (TPSA) is 29.5 Å². The molecule has 0 bridgehead atoms. The Morgan fingerprint density at radius 2 is 2.08 bits per heavy atom. The van der Waals surface area contributed by atoms with Crippen LogP contribution in [0.15, 0.2) is 0 Å². The van der Waals surface area contributed by atoms with Crippen molar-refractivity contribution in [2.45, 2.75) is 38.7 Å². The number of rotatable bonds is 6. The summed E-state index contributed by atoms with van der Waals surface area (Å²) in [7, 11) is -2.18. The van der Waals surface area contributed by atoms with E-state index in [1.807, 2.05) is 20.0 Å². The summed E-state index contributed by atoms with van der Waals surface area (Å²) in [5.41, 5.74) is 0. The van der Waals surface area contributed by atoms with Crippen LogP contribution >= 0.6 is 0 Å². The fraction of sp³-hybridized carbons (Fsp3) is 1.00. The molecule has 0 aliphatic heterocycles. The Morgan fingerprint density at radius 3 is 2.50 bits per heavy atom. The molecule has 0 saturated carbocycles. The van der Waals surface area contributed by atoms with Gasteiger partial charge in [0.15, 0.2) is 0 Å². The van der Waals surface area contributed by atoms with E-state index < -0.39 is 14.1 Å². The zero-order chi connectivity index (χ0) is 9.61. The van der Waals surface area contributed by atoms with E-state index in [0.29, 0.717) is 6.42 Å². The quantitative estimate of drug-likeness (QED) is 0.654. The number of aliphatic hydroxyl groups is 1. The summed E-state index contributed by atoms with van der Waals surface area (Å²) in [4.78, 5) is 0. The van der Waals surface area contributed by atoms with Gasteiger partial charge < -0.3 is 9.53 Å². The van der Waals surface area contributed by atoms with Crippen molar-refractivity contribution < 1.29 is 13.9 Å².